The monoisotopic (exact) mass is 436 g/mol. The summed E-state index contributed by atoms with van der Waals surface area (Å²) in [6.45, 7) is 19.8. The Balaban J connectivity index is 1.70. The first-order chi connectivity index (χ1) is 14.8. The molecule has 0 aliphatic heterocycles. The van der Waals surface area contributed by atoms with Crippen molar-refractivity contribution in [2.75, 3.05) is 0 Å². The van der Waals surface area contributed by atoms with Crippen molar-refractivity contribution in [1.29, 1.82) is 0 Å². The van der Waals surface area contributed by atoms with Crippen LogP contribution in [0.4, 0.5) is 0 Å². The molecular weight excluding hydrogens is 392 g/mol. The number of hydrogen-bond acceptors (Lipinski definition) is 2. The van der Waals surface area contributed by atoms with Gasteiger partial charge in [-0.15, -0.1) is 0 Å². The Bertz CT molecular complexity index is 904. The highest BCUT2D eigenvalue weighted by molar-refractivity contribution is 6.00. The van der Waals surface area contributed by atoms with Gasteiger partial charge in [0.25, 0.3) is 0 Å². The molecule has 176 valence electrons. The van der Waals surface area contributed by atoms with E-state index in [1.165, 1.54) is 24.8 Å². The van der Waals surface area contributed by atoms with Gasteiger partial charge in [-0.25, -0.2) is 0 Å². The van der Waals surface area contributed by atoms with Crippen LogP contribution in [0, 0.1) is 45.3 Å². The van der Waals surface area contributed by atoms with Crippen LogP contribution in [0.1, 0.15) is 93.4 Å². The Morgan fingerprint density at radius 3 is 2.47 bits per heavy atom. The van der Waals surface area contributed by atoms with Gasteiger partial charge in [0.05, 0.1) is 0 Å². The molecule has 0 aromatic heterocycles. The lowest BCUT2D eigenvalue weighted by Crippen LogP contribution is -2.59. The van der Waals surface area contributed by atoms with Crippen molar-refractivity contribution in [2.45, 2.75) is 93.4 Å². The fourth-order valence-corrected chi connectivity index (χ4v) is 9.01. The van der Waals surface area contributed by atoms with Gasteiger partial charge in [-0.2, -0.15) is 0 Å². The Morgan fingerprint density at radius 2 is 1.81 bits per heavy atom. The summed E-state index contributed by atoms with van der Waals surface area (Å²) in [6.07, 6.45) is 13.9. The minimum Gasteiger partial charge on any atom is -0.299 e. The van der Waals surface area contributed by atoms with Gasteiger partial charge < -0.3 is 0 Å². The first-order valence-electron chi connectivity index (χ1n) is 12.9. The maximum atomic E-state index is 13.7. The fourth-order valence-electron chi connectivity index (χ4n) is 9.01. The van der Waals surface area contributed by atoms with Gasteiger partial charge in [0.1, 0.15) is 5.78 Å². The topological polar surface area (TPSA) is 34.1 Å². The van der Waals surface area contributed by atoms with Crippen LogP contribution in [0.25, 0.3) is 0 Å². The standard InChI is InChI=1S/C30H44O2/c1-19(2)10-9-11-20(3)21-12-16-30(8)23-18-24(31)26-27(4,5)25(32)14-15-28(26,6)22(23)13-17-29(21,30)7/h9-10,18,20-22,26H,1,11-17H2,2-8H3/b10-9+/t20-,21+,22+,26+,28-,29+,30-/m1/s1. The maximum absolute atomic E-state index is 13.7. The number of rotatable bonds is 4. The van der Waals surface area contributed by atoms with Gasteiger partial charge in [-0.05, 0) is 85.5 Å². The number of carbonyl (C=O) groups excluding carboxylic acids is 2. The van der Waals surface area contributed by atoms with E-state index in [0.717, 1.165) is 24.8 Å². The zero-order valence-electron chi connectivity index (χ0n) is 21.5. The van der Waals surface area contributed by atoms with Gasteiger partial charge in [-0.3, -0.25) is 9.59 Å². The molecule has 3 fully saturated rings. The van der Waals surface area contributed by atoms with Gasteiger partial charge in [-0.1, -0.05) is 71.4 Å². The Morgan fingerprint density at radius 1 is 1.12 bits per heavy atom. The highest BCUT2D eigenvalue weighted by atomic mass is 16.1. The highest BCUT2D eigenvalue weighted by Gasteiger charge is 2.66. The van der Waals surface area contributed by atoms with Crippen LogP contribution in [0.15, 0.2) is 36.0 Å². The molecule has 0 aromatic carbocycles. The van der Waals surface area contributed by atoms with Crippen molar-refractivity contribution in [2.24, 2.45) is 45.3 Å². The Hall–Kier alpha value is -1.44. The van der Waals surface area contributed by atoms with E-state index in [2.05, 4.69) is 53.3 Å². The van der Waals surface area contributed by atoms with E-state index < -0.39 is 5.41 Å². The number of hydrogen-bond donors (Lipinski definition) is 0. The van der Waals surface area contributed by atoms with Crippen molar-refractivity contribution in [3.8, 4) is 0 Å². The summed E-state index contributed by atoms with van der Waals surface area (Å²) < 4.78 is 0. The quantitative estimate of drug-likeness (QED) is 0.428. The molecule has 0 radical (unpaired) electrons. The van der Waals surface area contributed by atoms with Crippen LogP contribution in [0.2, 0.25) is 0 Å². The maximum Gasteiger partial charge on any atom is 0.160 e. The number of ketones is 2. The number of Topliss-reactive ketones (excluding diaryl/α,β-unsaturated/α-hetero) is 1. The molecule has 2 nitrogen and oxygen atoms in total. The van der Waals surface area contributed by atoms with E-state index in [9.17, 15) is 9.59 Å². The average Bonchev–Trinajstić information content (AvgIpc) is 2.96. The lowest BCUT2D eigenvalue weighted by Gasteiger charge is -2.62. The van der Waals surface area contributed by atoms with Crippen molar-refractivity contribution in [3.05, 3.63) is 36.0 Å². The van der Waals surface area contributed by atoms with Gasteiger partial charge >= 0.3 is 0 Å². The Labute approximate surface area is 196 Å². The van der Waals surface area contributed by atoms with Crippen molar-refractivity contribution in [3.63, 3.8) is 0 Å². The molecule has 3 saturated carbocycles. The average molecular weight is 437 g/mol. The fraction of sp³-hybridized carbons (Fsp3) is 0.733. The molecular formula is C30H44O2. The molecule has 2 heteroatoms. The third-order valence-corrected chi connectivity index (χ3v) is 11.0. The van der Waals surface area contributed by atoms with Crippen molar-refractivity contribution >= 4 is 11.6 Å². The third kappa shape index (κ3) is 3.11. The lowest BCUT2D eigenvalue weighted by atomic mass is 9.41. The molecule has 4 aliphatic rings. The van der Waals surface area contributed by atoms with Crippen molar-refractivity contribution in [1.82, 2.24) is 0 Å². The summed E-state index contributed by atoms with van der Waals surface area (Å²) in [5.74, 6) is 2.07. The van der Waals surface area contributed by atoms with Crippen LogP contribution in [0.5, 0.6) is 0 Å². The van der Waals surface area contributed by atoms with Crippen molar-refractivity contribution < 1.29 is 9.59 Å². The molecule has 0 spiro atoms. The number of allylic oxidation sites excluding steroid dienone is 5. The largest absolute Gasteiger partial charge is 0.299 e. The predicted octanol–water partition coefficient (Wildman–Crippen LogP) is 7.50. The number of carbonyl (C=O) groups is 2. The van der Waals surface area contributed by atoms with Crippen LogP contribution in [-0.2, 0) is 9.59 Å². The molecule has 0 N–H and O–H groups in total. The molecule has 0 amide bonds. The molecule has 0 unspecified atom stereocenters. The SMILES string of the molecule is C=C(C)/C=C/C[C@@H](C)[C@@H]1CC[C@]2(C)C3=CC(=O)[C@H]4C(C)(C)C(=O)CC[C@]4(C)[C@H]3CC[C@@]12C. The normalized spacial score (nSPS) is 44.0. The second-order valence-corrected chi connectivity index (χ2v) is 13.0. The molecule has 0 aromatic rings. The van der Waals surface area contributed by atoms with E-state index in [1.807, 2.05) is 19.9 Å². The van der Waals surface area contributed by atoms with Gasteiger partial charge in [0.2, 0.25) is 0 Å². The second kappa shape index (κ2) is 7.54. The number of fused-ring (bicyclic) bond motifs is 5. The Kier molecular flexibility index (Phi) is 5.58. The van der Waals surface area contributed by atoms with E-state index in [1.54, 1.807) is 0 Å². The summed E-state index contributed by atoms with van der Waals surface area (Å²) in [4.78, 5) is 26.4. The summed E-state index contributed by atoms with van der Waals surface area (Å²) in [7, 11) is 0. The van der Waals surface area contributed by atoms with Gasteiger partial charge in [0.15, 0.2) is 5.78 Å². The van der Waals surface area contributed by atoms with Gasteiger partial charge in [0, 0.05) is 17.8 Å². The third-order valence-electron chi connectivity index (χ3n) is 11.0. The van der Waals surface area contributed by atoms with Crippen LogP contribution in [0.3, 0.4) is 0 Å². The van der Waals surface area contributed by atoms with E-state index >= 15 is 0 Å². The molecule has 4 rings (SSSR count). The van der Waals surface area contributed by atoms with E-state index in [4.69, 9.17) is 0 Å². The predicted molar refractivity (Wildman–Crippen MR) is 132 cm³/mol. The van der Waals surface area contributed by atoms with E-state index in [-0.39, 0.29) is 33.7 Å². The van der Waals surface area contributed by atoms with Crippen LogP contribution >= 0.6 is 0 Å². The minimum atomic E-state index is -0.546. The smallest absolute Gasteiger partial charge is 0.160 e. The van der Waals surface area contributed by atoms with Crippen LogP contribution in [-0.4, -0.2) is 11.6 Å². The first-order valence-corrected chi connectivity index (χ1v) is 12.9. The molecule has 4 aliphatic carbocycles. The summed E-state index contributed by atoms with van der Waals surface area (Å²) in [6, 6.07) is 0. The summed E-state index contributed by atoms with van der Waals surface area (Å²) >= 11 is 0. The van der Waals surface area contributed by atoms with E-state index in [0.29, 0.717) is 24.2 Å². The lowest BCUT2D eigenvalue weighted by molar-refractivity contribution is -0.155. The molecule has 0 heterocycles. The zero-order valence-corrected chi connectivity index (χ0v) is 21.5. The molecule has 0 saturated heterocycles. The molecule has 0 bridgehead atoms. The van der Waals surface area contributed by atoms with Crippen LogP contribution < -0.4 is 0 Å². The zero-order chi connectivity index (χ0) is 23.7. The first kappa shape index (κ1) is 23.7. The molecule has 32 heavy (non-hydrogen) atoms. The summed E-state index contributed by atoms with van der Waals surface area (Å²) in [5, 5.41) is 0. The summed E-state index contributed by atoms with van der Waals surface area (Å²) in [5.41, 5.74) is 2.24. The minimum absolute atomic E-state index is 0.0855. The molecule has 7 atom stereocenters. The second-order valence-electron chi connectivity index (χ2n) is 13.0. The highest BCUT2D eigenvalue weighted by Crippen LogP contribution is 2.72.